The van der Waals surface area contributed by atoms with Crippen molar-refractivity contribution in [3.05, 3.63) is 94.3 Å². The van der Waals surface area contributed by atoms with Crippen molar-refractivity contribution in [1.82, 2.24) is 14.4 Å². The van der Waals surface area contributed by atoms with E-state index < -0.39 is 0 Å². The molecule has 8 nitrogen and oxygen atoms in total. The Balaban J connectivity index is 1.44. The Bertz CT molecular complexity index is 1720. The number of para-hydroxylation sites is 1. The summed E-state index contributed by atoms with van der Waals surface area (Å²) in [5, 5.41) is 16.1. The van der Waals surface area contributed by atoms with Crippen molar-refractivity contribution in [2.24, 2.45) is 0 Å². The lowest BCUT2D eigenvalue weighted by Crippen LogP contribution is -2.15. The van der Waals surface area contributed by atoms with Crippen LogP contribution in [0.5, 0.6) is 11.5 Å². The number of methoxy groups -OCH3 is 1. The number of imidazole rings is 1. The maximum atomic E-state index is 13.4. The molecule has 0 saturated heterocycles. The minimum absolute atomic E-state index is 0.333. The number of hydrogen-bond donors (Lipinski definition) is 1. The van der Waals surface area contributed by atoms with Gasteiger partial charge in [0.15, 0.2) is 21.6 Å². The number of hydrogen-bond acceptors (Lipinski definition) is 8. The van der Waals surface area contributed by atoms with Crippen LogP contribution < -0.4 is 14.8 Å². The molecule has 3 heterocycles. The molecule has 0 bridgehead atoms. The molecule has 1 amide bonds. The van der Waals surface area contributed by atoms with E-state index in [2.05, 4.69) is 27.9 Å². The molecule has 188 valence electrons. The number of thiazole rings is 2. The van der Waals surface area contributed by atoms with Gasteiger partial charge in [0.05, 0.1) is 35.9 Å². The number of carbonyl (C=O) groups is 1. The molecule has 5 rings (SSSR count). The highest BCUT2D eigenvalue weighted by Gasteiger charge is 2.20. The molecule has 0 radical (unpaired) electrons. The molecule has 10 heteroatoms. The zero-order valence-corrected chi connectivity index (χ0v) is 22.1. The van der Waals surface area contributed by atoms with E-state index in [1.54, 1.807) is 42.7 Å². The molecular formula is C28H21N5O3S2. The van der Waals surface area contributed by atoms with Crippen molar-refractivity contribution in [2.45, 2.75) is 6.92 Å². The van der Waals surface area contributed by atoms with E-state index in [4.69, 9.17) is 14.7 Å². The summed E-state index contributed by atoms with van der Waals surface area (Å²) in [6.07, 6.45) is 5.42. The predicted octanol–water partition coefficient (Wildman–Crippen LogP) is 6.73. The van der Waals surface area contributed by atoms with Crippen LogP contribution in [0, 0.1) is 11.3 Å². The number of aromatic nitrogens is 3. The van der Waals surface area contributed by atoms with Gasteiger partial charge in [0.1, 0.15) is 5.69 Å². The first-order valence-electron chi connectivity index (χ1n) is 11.4. The lowest BCUT2D eigenvalue weighted by atomic mass is 10.1. The minimum atomic E-state index is -0.333. The molecule has 0 unspecified atom stereocenters. The van der Waals surface area contributed by atoms with Crippen LogP contribution in [0.25, 0.3) is 28.4 Å². The Kier molecular flexibility index (Phi) is 7.04. The second-order valence-electron chi connectivity index (χ2n) is 8.10. The third kappa shape index (κ3) is 5.06. The molecule has 3 aromatic heterocycles. The Morgan fingerprint density at radius 2 is 1.97 bits per heavy atom. The predicted molar refractivity (Wildman–Crippen MR) is 151 cm³/mol. The van der Waals surface area contributed by atoms with Crippen molar-refractivity contribution >= 4 is 50.8 Å². The number of carbonyl (C=O) groups excluding carboxylic acids is 1. The highest BCUT2D eigenvalue weighted by Crippen LogP contribution is 2.34. The summed E-state index contributed by atoms with van der Waals surface area (Å²) in [5.74, 6) is 1.29. The van der Waals surface area contributed by atoms with Gasteiger partial charge in [-0.1, -0.05) is 30.8 Å². The van der Waals surface area contributed by atoms with E-state index in [1.165, 1.54) is 22.7 Å². The fraction of sp³-hybridized carbons (Fsp3) is 0.0714. The summed E-state index contributed by atoms with van der Waals surface area (Å²) in [7, 11) is 1.57. The fourth-order valence-corrected chi connectivity index (χ4v) is 5.19. The lowest BCUT2D eigenvalue weighted by molar-refractivity contribution is 0.102. The molecule has 0 saturated carbocycles. The summed E-state index contributed by atoms with van der Waals surface area (Å²) < 4.78 is 13.0. The average molecular weight is 540 g/mol. The molecule has 0 fully saturated rings. The molecule has 0 spiro atoms. The van der Waals surface area contributed by atoms with Gasteiger partial charge in [0.25, 0.3) is 5.91 Å². The highest BCUT2D eigenvalue weighted by molar-refractivity contribution is 7.15. The van der Waals surface area contributed by atoms with Crippen LogP contribution in [0.2, 0.25) is 0 Å². The Morgan fingerprint density at radius 1 is 1.16 bits per heavy atom. The standard InChI is InChI=1S/C28H21N5O3S2/c1-17(2)36-25-20(5-4-6-23(25)35-3)11-12-21-24(33-13-14-37-28(33)31-21)26(34)32-27-30-22(16-38-27)19-9-7-18(15-29)8-10-19/h4-14,16H,1H2,2-3H3,(H,30,32,34). The van der Waals surface area contributed by atoms with Crippen LogP contribution in [-0.2, 0) is 0 Å². The molecule has 38 heavy (non-hydrogen) atoms. The summed E-state index contributed by atoms with van der Waals surface area (Å²) in [6, 6.07) is 14.8. The number of anilines is 1. The van der Waals surface area contributed by atoms with Gasteiger partial charge >= 0.3 is 0 Å². The van der Waals surface area contributed by atoms with Crippen molar-refractivity contribution in [1.29, 1.82) is 5.26 Å². The smallest absolute Gasteiger partial charge is 0.276 e. The first-order valence-corrected chi connectivity index (χ1v) is 13.1. The number of allylic oxidation sites excluding steroid dienone is 1. The number of amides is 1. The van der Waals surface area contributed by atoms with Crippen LogP contribution in [0.15, 0.2) is 71.8 Å². The molecule has 2 aromatic carbocycles. The summed E-state index contributed by atoms with van der Waals surface area (Å²) in [5.41, 5.74) is 3.79. The van der Waals surface area contributed by atoms with Crippen LogP contribution in [-0.4, -0.2) is 27.4 Å². The van der Waals surface area contributed by atoms with E-state index in [0.717, 1.165) is 11.1 Å². The largest absolute Gasteiger partial charge is 0.493 e. The Labute approximate surface area is 226 Å². The first-order chi connectivity index (χ1) is 18.5. The van der Waals surface area contributed by atoms with Gasteiger partial charge in [0.2, 0.25) is 0 Å². The van der Waals surface area contributed by atoms with Gasteiger partial charge in [-0.15, -0.1) is 22.7 Å². The van der Waals surface area contributed by atoms with Gasteiger partial charge in [-0.2, -0.15) is 5.26 Å². The lowest BCUT2D eigenvalue weighted by Gasteiger charge is -2.12. The molecule has 0 aliphatic rings. The molecular weight excluding hydrogens is 518 g/mol. The van der Waals surface area contributed by atoms with E-state index in [0.29, 0.717) is 50.0 Å². The zero-order chi connectivity index (χ0) is 26.6. The quantitative estimate of drug-likeness (QED) is 0.219. The van der Waals surface area contributed by atoms with Gasteiger partial charge in [-0.25, -0.2) is 9.97 Å². The molecule has 0 aliphatic carbocycles. The number of rotatable bonds is 8. The van der Waals surface area contributed by atoms with Gasteiger partial charge in [-0.3, -0.25) is 14.5 Å². The van der Waals surface area contributed by atoms with E-state index in [9.17, 15) is 4.79 Å². The summed E-state index contributed by atoms with van der Waals surface area (Å²) in [6.45, 7) is 5.59. The van der Waals surface area contributed by atoms with Gasteiger partial charge in [-0.05, 0) is 37.3 Å². The van der Waals surface area contributed by atoms with Crippen LogP contribution in [0.3, 0.4) is 0 Å². The number of nitrogens with one attached hydrogen (secondary N) is 1. The molecule has 1 N–H and O–H groups in total. The highest BCUT2D eigenvalue weighted by atomic mass is 32.1. The topological polar surface area (TPSA) is 102 Å². The van der Waals surface area contributed by atoms with Crippen molar-refractivity contribution in [3.8, 4) is 28.8 Å². The number of fused-ring (bicyclic) bond motifs is 1. The molecule has 0 atom stereocenters. The maximum absolute atomic E-state index is 13.4. The Morgan fingerprint density at radius 3 is 2.71 bits per heavy atom. The van der Waals surface area contributed by atoms with Gasteiger partial charge in [0, 0.05) is 28.1 Å². The first kappa shape index (κ1) is 25.0. The molecule has 5 aromatic rings. The third-order valence-corrected chi connectivity index (χ3v) is 6.98. The van der Waals surface area contributed by atoms with Crippen LogP contribution in [0.1, 0.15) is 34.2 Å². The van der Waals surface area contributed by atoms with Crippen molar-refractivity contribution in [3.63, 3.8) is 0 Å². The van der Waals surface area contributed by atoms with E-state index in [-0.39, 0.29) is 5.91 Å². The van der Waals surface area contributed by atoms with Crippen molar-refractivity contribution in [2.75, 3.05) is 12.4 Å². The Hall–Kier alpha value is -4.72. The number of ether oxygens (including phenoxy) is 2. The van der Waals surface area contributed by atoms with Crippen molar-refractivity contribution < 1.29 is 14.3 Å². The van der Waals surface area contributed by atoms with E-state index >= 15 is 0 Å². The van der Waals surface area contributed by atoms with Crippen LogP contribution >= 0.6 is 22.7 Å². The second kappa shape index (κ2) is 10.7. The molecule has 0 aliphatic heterocycles. The normalized spacial score (nSPS) is 11.0. The SMILES string of the molecule is C=C(C)Oc1c(C=Cc2nc3sccn3c2C(=O)Nc2nc(-c3ccc(C#N)cc3)cs2)cccc1OC. The van der Waals surface area contributed by atoms with E-state index in [1.807, 2.05) is 47.3 Å². The van der Waals surface area contributed by atoms with Gasteiger partial charge < -0.3 is 9.47 Å². The monoisotopic (exact) mass is 539 g/mol. The number of nitriles is 1. The minimum Gasteiger partial charge on any atom is -0.493 e. The average Bonchev–Trinajstić information content (AvgIpc) is 3.64. The zero-order valence-electron chi connectivity index (χ0n) is 20.5. The maximum Gasteiger partial charge on any atom is 0.276 e. The number of nitrogens with zero attached hydrogens (tertiary/aromatic N) is 4. The summed E-state index contributed by atoms with van der Waals surface area (Å²) in [4.78, 5) is 23.3. The fourth-order valence-electron chi connectivity index (χ4n) is 3.76. The third-order valence-electron chi connectivity index (χ3n) is 5.46. The number of benzene rings is 2. The second-order valence-corrected chi connectivity index (χ2v) is 9.83. The summed E-state index contributed by atoms with van der Waals surface area (Å²) >= 11 is 2.76. The van der Waals surface area contributed by atoms with Crippen LogP contribution in [0.4, 0.5) is 5.13 Å².